The maximum Gasteiger partial charge on any atom is 0.342 e. The minimum atomic E-state index is -0.848. The van der Waals surface area contributed by atoms with Crippen molar-refractivity contribution in [2.75, 3.05) is 7.11 Å². The Morgan fingerprint density at radius 1 is 1.26 bits per heavy atom. The molecule has 5 unspecified atom stereocenters. The predicted octanol–water partition coefficient (Wildman–Crippen LogP) is 4.22. The van der Waals surface area contributed by atoms with E-state index < -0.39 is 18.2 Å². The highest BCUT2D eigenvalue weighted by Gasteiger charge is 2.63. The molecule has 0 aromatic heterocycles. The third-order valence-corrected chi connectivity index (χ3v) is 8.19. The number of aliphatic hydroxyl groups is 1. The zero-order valence-electron chi connectivity index (χ0n) is 18.5. The van der Waals surface area contributed by atoms with Crippen LogP contribution in [0.25, 0.3) is 0 Å². The molecule has 31 heavy (non-hydrogen) atoms. The number of hydrogen-bond donors (Lipinski definition) is 2. The van der Waals surface area contributed by atoms with Crippen molar-refractivity contribution in [3.8, 4) is 11.5 Å². The summed E-state index contributed by atoms with van der Waals surface area (Å²) in [5.74, 6) is -0.464. The minimum Gasteiger partial charge on any atom is -0.507 e. The molecule has 0 heterocycles. The van der Waals surface area contributed by atoms with E-state index >= 15 is 0 Å². The lowest BCUT2D eigenvalue weighted by Crippen LogP contribution is -2.56. The van der Waals surface area contributed by atoms with E-state index in [0.717, 1.165) is 18.4 Å². The summed E-state index contributed by atoms with van der Waals surface area (Å²) in [5, 5.41) is 21.5. The van der Waals surface area contributed by atoms with Gasteiger partial charge in [-0.15, -0.1) is 0 Å². The Morgan fingerprint density at radius 2 is 1.94 bits per heavy atom. The molecule has 0 spiro atoms. The molecule has 3 aliphatic rings. The number of carbonyl (C=O) groups is 2. The number of ether oxygens (including phenoxy) is 2. The first kappa shape index (κ1) is 22.2. The SMILES string of the molecule is COc1cc(O)c(C(=O)OC2CC3(C)C2=C(C=O)C(O)C2CC(C)(C)CC23)c(C)c1Cl. The van der Waals surface area contributed by atoms with Crippen molar-refractivity contribution >= 4 is 23.9 Å². The zero-order valence-corrected chi connectivity index (χ0v) is 19.2. The fourth-order valence-corrected chi connectivity index (χ4v) is 6.53. The monoisotopic (exact) mass is 448 g/mol. The number of benzene rings is 1. The maximum atomic E-state index is 13.0. The molecule has 0 aliphatic heterocycles. The first-order valence-electron chi connectivity index (χ1n) is 10.6. The van der Waals surface area contributed by atoms with Gasteiger partial charge in [0.1, 0.15) is 29.5 Å². The second-order valence-electron chi connectivity index (χ2n) is 10.2. The van der Waals surface area contributed by atoms with E-state index in [1.807, 2.05) is 0 Å². The average molecular weight is 449 g/mol. The summed E-state index contributed by atoms with van der Waals surface area (Å²) in [6, 6.07) is 1.28. The molecule has 0 bridgehead atoms. The second kappa shape index (κ2) is 7.24. The van der Waals surface area contributed by atoms with Gasteiger partial charge in [0.15, 0.2) is 0 Å². The van der Waals surface area contributed by atoms with E-state index in [9.17, 15) is 19.8 Å². The van der Waals surface area contributed by atoms with Gasteiger partial charge in [0, 0.05) is 11.6 Å². The van der Waals surface area contributed by atoms with Gasteiger partial charge in [-0.2, -0.15) is 0 Å². The van der Waals surface area contributed by atoms with E-state index in [1.54, 1.807) is 6.92 Å². The molecule has 5 atom stereocenters. The molecule has 7 heteroatoms. The molecule has 0 saturated heterocycles. The van der Waals surface area contributed by atoms with Crippen molar-refractivity contribution in [3.63, 3.8) is 0 Å². The van der Waals surface area contributed by atoms with Gasteiger partial charge in [-0.3, -0.25) is 4.79 Å². The summed E-state index contributed by atoms with van der Waals surface area (Å²) < 4.78 is 10.9. The number of aliphatic hydroxyl groups excluding tert-OH is 1. The Bertz CT molecular complexity index is 996. The number of phenolic OH excluding ortho intramolecular Hbond substituents is 1. The molecule has 1 aromatic rings. The van der Waals surface area contributed by atoms with Gasteiger partial charge in [-0.1, -0.05) is 32.4 Å². The molecule has 2 fully saturated rings. The van der Waals surface area contributed by atoms with Crippen LogP contribution in [0.5, 0.6) is 11.5 Å². The molecule has 168 valence electrons. The summed E-state index contributed by atoms with van der Waals surface area (Å²) in [7, 11) is 1.42. The normalized spacial score (nSPS) is 33.3. The quantitative estimate of drug-likeness (QED) is 0.529. The van der Waals surface area contributed by atoms with E-state index in [0.29, 0.717) is 23.8 Å². The zero-order chi connectivity index (χ0) is 22.9. The fraction of sp³-hybridized carbons (Fsp3) is 0.583. The highest BCUT2D eigenvalue weighted by Crippen LogP contribution is 2.66. The predicted molar refractivity (Wildman–Crippen MR) is 115 cm³/mol. The van der Waals surface area contributed by atoms with Crippen molar-refractivity contribution < 1.29 is 29.3 Å². The summed E-state index contributed by atoms with van der Waals surface area (Å²) in [6.07, 6.45) is 1.65. The molecule has 0 radical (unpaired) electrons. The molecule has 1 aromatic carbocycles. The molecular formula is C24H29ClO6. The van der Waals surface area contributed by atoms with Gasteiger partial charge in [0.2, 0.25) is 0 Å². The van der Waals surface area contributed by atoms with E-state index in [2.05, 4.69) is 20.8 Å². The summed E-state index contributed by atoms with van der Waals surface area (Å²) in [6.45, 7) is 8.10. The van der Waals surface area contributed by atoms with Gasteiger partial charge in [0.25, 0.3) is 0 Å². The first-order valence-corrected chi connectivity index (χ1v) is 11.0. The third-order valence-electron chi connectivity index (χ3n) is 7.72. The Kier molecular flexibility index (Phi) is 5.17. The largest absolute Gasteiger partial charge is 0.507 e. The number of aromatic hydroxyl groups is 1. The van der Waals surface area contributed by atoms with Crippen molar-refractivity contribution in [1.82, 2.24) is 0 Å². The van der Waals surface area contributed by atoms with Crippen LogP contribution in [0.15, 0.2) is 17.2 Å². The van der Waals surface area contributed by atoms with Gasteiger partial charge >= 0.3 is 5.97 Å². The average Bonchev–Trinajstić information content (AvgIpc) is 3.03. The summed E-state index contributed by atoms with van der Waals surface area (Å²) in [5.41, 5.74) is 1.21. The van der Waals surface area contributed by atoms with Gasteiger partial charge < -0.3 is 19.7 Å². The van der Waals surface area contributed by atoms with Crippen LogP contribution in [-0.2, 0) is 9.53 Å². The van der Waals surface area contributed by atoms with Gasteiger partial charge in [0.05, 0.1) is 18.2 Å². The van der Waals surface area contributed by atoms with Crippen LogP contribution in [-0.4, -0.2) is 41.8 Å². The number of fused-ring (bicyclic) bond motifs is 3. The topological polar surface area (TPSA) is 93.1 Å². The lowest BCUT2D eigenvalue weighted by atomic mass is 9.49. The summed E-state index contributed by atoms with van der Waals surface area (Å²) >= 11 is 6.25. The van der Waals surface area contributed by atoms with Crippen molar-refractivity contribution in [3.05, 3.63) is 33.4 Å². The number of carbonyl (C=O) groups excluding carboxylic acids is 2. The third kappa shape index (κ3) is 3.18. The number of phenols is 1. The van der Waals surface area contributed by atoms with Crippen LogP contribution in [0, 0.1) is 29.6 Å². The van der Waals surface area contributed by atoms with Crippen molar-refractivity contribution in [1.29, 1.82) is 0 Å². The minimum absolute atomic E-state index is 0.0242. The molecular weight excluding hydrogens is 420 g/mol. The lowest BCUT2D eigenvalue weighted by Gasteiger charge is -2.57. The van der Waals surface area contributed by atoms with Gasteiger partial charge in [-0.25, -0.2) is 4.79 Å². The number of hydrogen-bond acceptors (Lipinski definition) is 6. The maximum absolute atomic E-state index is 13.0. The Labute approximate surface area is 187 Å². The molecule has 2 N–H and O–H groups in total. The highest BCUT2D eigenvalue weighted by molar-refractivity contribution is 6.33. The number of esters is 1. The van der Waals surface area contributed by atoms with E-state index in [4.69, 9.17) is 21.1 Å². The molecule has 4 rings (SSSR count). The smallest absolute Gasteiger partial charge is 0.342 e. The van der Waals surface area contributed by atoms with Crippen LogP contribution in [0.4, 0.5) is 0 Å². The van der Waals surface area contributed by atoms with Gasteiger partial charge in [-0.05, 0) is 60.0 Å². The first-order chi connectivity index (χ1) is 14.4. The van der Waals surface area contributed by atoms with Crippen LogP contribution < -0.4 is 4.74 Å². The van der Waals surface area contributed by atoms with E-state index in [-0.39, 0.29) is 44.8 Å². The summed E-state index contributed by atoms with van der Waals surface area (Å²) in [4.78, 5) is 24.9. The van der Waals surface area contributed by atoms with Crippen LogP contribution in [0.1, 0.15) is 56.0 Å². The fourth-order valence-electron chi connectivity index (χ4n) is 6.30. The molecule has 2 saturated carbocycles. The number of halogens is 1. The number of aldehydes is 1. The Morgan fingerprint density at radius 3 is 2.55 bits per heavy atom. The second-order valence-corrected chi connectivity index (χ2v) is 10.6. The molecule has 0 amide bonds. The van der Waals surface area contributed by atoms with Crippen LogP contribution >= 0.6 is 11.6 Å². The van der Waals surface area contributed by atoms with Crippen molar-refractivity contribution in [2.24, 2.45) is 22.7 Å². The number of methoxy groups -OCH3 is 1. The number of rotatable bonds is 4. The Hall–Kier alpha value is -2.05. The highest BCUT2D eigenvalue weighted by atomic mass is 35.5. The van der Waals surface area contributed by atoms with Crippen LogP contribution in [0.3, 0.4) is 0 Å². The Balaban J connectivity index is 1.66. The van der Waals surface area contributed by atoms with Crippen molar-refractivity contribution in [2.45, 2.75) is 59.2 Å². The molecule has 6 nitrogen and oxygen atoms in total. The molecule has 3 aliphatic carbocycles. The lowest BCUT2D eigenvalue weighted by molar-refractivity contribution is -0.109. The van der Waals surface area contributed by atoms with Crippen LogP contribution in [0.2, 0.25) is 5.02 Å². The van der Waals surface area contributed by atoms with E-state index in [1.165, 1.54) is 13.2 Å². The standard InChI is InChI=1S/C24H29ClO6/c1-11-18(15(27)6-16(30-5)20(11)25)22(29)31-17-9-24(4)14-8-23(2,3)7-12(14)21(28)13(10-26)19(17)24/h6,10,12,14,17,21,27-28H,7-9H2,1-5H3.